The molecule has 0 radical (unpaired) electrons. The monoisotopic (exact) mass is 423 g/mol. The molecule has 0 aliphatic carbocycles. The lowest BCUT2D eigenvalue weighted by molar-refractivity contribution is 0.0725. The second-order valence-corrected chi connectivity index (χ2v) is 8.37. The van der Waals surface area contributed by atoms with E-state index < -0.39 is 0 Å². The predicted molar refractivity (Wildman–Crippen MR) is 125 cm³/mol. The maximum absolute atomic E-state index is 13.4. The molecule has 2 aliphatic rings. The molecule has 2 bridgehead atoms. The molecule has 0 spiro atoms. The number of hydrogen-bond acceptors (Lipinski definition) is 4. The summed E-state index contributed by atoms with van der Waals surface area (Å²) in [5, 5.41) is 0. The lowest BCUT2D eigenvalue weighted by Crippen LogP contribution is -2.48. The third-order valence-electron chi connectivity index (χ3n) is 6.30. The molecule has 2 saturated heterocycles. The molecule has 2 aliphatic heterocycles. The zero-order chi connectivity index (χ0) is 22.1. The van der Waals surface area contributed by atoms with Crippen molar-refractivity contribution < 1.29 is 9.53 Å². The highest BCUT2D eigenvalue weighted by molar-refractivity contribution is 5.95. The van der Waals surface area contributed by atoms with Crippen LogP contribution in [0.3, 0.4) is 0 Å². The van der Waals surface area contributed by atoms with Crippen molar-refractivity contribution in [1.82, 2.24) is 9.88 Å². The first-order valence-electron chi connectivity index (χ1n) is 10.9. The quantitative estimate of drug-likeness (QED) is 0.600. The van der Waals surface area contributed by atoms with E-state index >= 15 is 0 Å². The van der Waals surface area contributed by atoms with Crippen LogP contribution in [0.5, 0.6) is 5.75 Å². The molecule has 2 aromatic carbocycles. The third kappa shape index (κ3) is 3.80. The zero-order valence-corrected chi connectivity index (χ0v) is 18.3. The first-order chi connectivity index (χ1) is 15.6. The molecule has 5 nitrogen and oxygen atoms in total. The number of carbonyl (C=O) groups is 1. The van der Waals surface area contributed by atoms with Crippen LogP contribution in [0, 0.1) is 18.8 Å². The average molecular weight is 424 g/mol. The molecule has 3 heterocycles. The van der Waals surface area contributed by atoms with Crippen molar-refractivity contribution in [3.8, 4) is 17.6 Å². The minimum absolute atomic E-state index is 0.0598. The fourth-order valence-corrected chi connectivity index (χ4v) is 4.64. The van der Waals surface area contributed by atoms with Crippen molar-refractivity contribution in [1.29, 1.82) is 0 Å². The molecule has 2 atom stereocenters. The van der Waals surface area contributed by atoms with Crippen LogP contribution >= 0.6 is 0 Å². The maximum atomic E-state index is 13.4. The molecule has 5 rings (SSSR count). The fraction of sp³-hybridized carbons (Fsp3) is 0.259. The van der Waals surface area contributed by atoms with Crippen molar-refractivity contribution >= 4 is 11.6 Å². The number of likely N-dealkylation sites (tertiary alicyclic amines) is 1. The number of benzene rings is 2. The van der Waals surface area contributed by atoms with Gasteiger partial charge in [0.2, 0.25) is 0 Å². The Morgan fingerprint density at radius 2 is 1.88 bits per heavy atom. The lowest BCUT2D eigenvalue weighted by atomic mass is 10.1. The molecule has 32 heavy (non-hydrogen) atoms. The van der Waals surface area contributed by atoms with Crippen LogP contribution in [0.25, 0.3) is 0 Å². The van der Waals surface area contributed by atoms with Gasteiger partial charge >= 0.3 is 0 Å². The number of nitrogens with zero attached hydrogens (tertiary/aromatic N) is 3. The van der Waals surface area contributed by atoms with Gasteiger partial charge in [0.05, 0.1) is 18.7 Å². The number of hydrogen-bond donors (Lipinski definition) is 0. The maximum Gasteiger partial charge on any atom is 0.254 e. The Morgan fingerprint density at radius 1 is 1.03 bits per heavy atom. The Hall–Kier alpha value is -3.78. The summed E-state index contributed by atoms with van der Waals surface area (Å²) < 4.78 is 5.46. The second-order valence-electron chi connectivity index (χ2n) is 8.37. The van der Waals surface area contributed by atoms with Crippen molar-refractivity contribution in [3.05, 3.63) is 89.2 Å². The van der Waals surface area contributed by atoms with E-state index in [-0.39, 0.29) is 11.9 Å². The molecule has 160 valence electrons. The molecule has 5 heteroatoms. The van der Waals surface area contributed by atoms with E-state index in [9.17, 15) is 4.79 Å². The minimum atomic E-state index is 0.0598. The largest absolute Gasteiger partial charge is 0.495 e. The van der Waals surface area contributed by atoms with Crippen molar-refractivity contribution in [2.75, 3.05) is 25.1 Å². The average Bonchev–Trinajstić information content (AvgIpc) is 3.44. The van der Waals surface area contributed by atoms with E-state index in [0.717, 1.165) is 19.5 Å². The minimum Gasteiger partial charge on any atom is -0.495 e. The van der Waals surface area contributed by atoms with E-state index in [0.29, 0.717) is 28.6 Å². The van der Waals surface area contributed by atoms with Gasteiger partial charge in [-0.1, -0.05) is 29.7 Å². The second kappa shape index (κ2) is 8.39. The highest BCUT2D eigenvalue weighted by Crippen LogP contribution is 2.35. The molecule has 0 N–H and O–H groups in total. The van der Waals surface area contributed by atoms with Gasteiger partial charge in [-0.3, -0.25) is 4.79 Å². The summed E-state index contributed by atoms with van der Waals surface area (Å²) in [6.45, 7) is 3.73. The summed E-state index contributed by atoms with van der Waals surface area (Å²) in [7, 11) is 1.61. The van der Waals surface area contributed by atoms with Crippen LogP contribution in [0.2, 0.25) is 0 Å². The molecule has 0 unspecified atom stereocenters. The van der Waals surface area contributed by atoms with E-state index in [1.807, 2.05) is 41.3 Å². The molecule has 2 fully saturated rings. The van der Waals surface area contributed by atoms with E-state index in [4.69, 9.17) is 4.74 Å². The number of methoxy groups -OCH3 is 1. The smallest absolute Gasteiger partial charge is 0.254 e. The van der Waals surface area contributed by atoms with Crippen LogP contribution in [0.4, 0.5) is 5.69 Å². The van der Waals surface area contributed by atoms with Crippen LogP contribution < -0.4 is 9.64 Å². The molecule has 3 aromatic rings. The highest BCUT2D eigenvalue weighted by Gasteiger charge is 2.45. The van der Waals surface area contributed by atoms with Crippen molar-refractivity contribution in [3.63, 3.8) is 0 Å². The number of aromatic nitrogens is 1. The van der Waals surface area contributed by atoms with Gasteiger partial charge in [-0.25, -0.2) is 4.98 Å². The normalized spacial score (nSPS) is 18.9. The van der Waals surface area contributed by atoms with Gasteiger partial charge < -0.3 is 14.5 Å². The van der Waals surface area contributed by atoms with Crippen molar-refractivity contribution in [2.24, 2.45) is 0 Å². The summed E-state index contributed by atoms with van der Waals surface area (Å²) >= 11 is 0. The Balaban J connectivity index is 1.34. The molecule has 0 saturated carbocycles. The molecular weight excluding hydrogens is 398 g/mol. The van der Waals surface area contributed by atoms with Gasteiger partial charge in [0, 0.05) is 36.6 Å². The predicted octanol–water partition coefficient (Wildman–Crippen LogP) is 3.90. The Bertz CT molecular complexity index is 1200. The first kappa shape index (κ1) is 20.1. The van der Waals surface area contributed by atoms with Crippen LogP contribution in [0.15, 0.2) is 66.9 Å². The summed E-state index contributed by atoms with van der Waals surface area (Å²) in [5.74, 6) is 6.88. The molecular formula is C27H25N3O2. The lowest BCUT2D eigenvalue weighted by Gasteiger charge is -2.35. The molecule has 1 amide bonds. The number of ether oxygens (including phenoxy) is 1. The van der Waals surface area contributed by atoms with E-state index in [1.165, 1.54) is 11.3 Å². The summed E-state index contributed by atoms with van der Waals surface area (Å²) in [5.41, 5.74) is 4.52. The van der Waals surface area contributed by atoms with Crippen molar-refractivity contribution in [2.45, 2.75) is 25.4 Å². The van der Waals surface area contributed by atoms with Gasteiger partial charge in [-0.2, -0.15) is 0 Å². The Labute approximate surface area is 188 Å². The number of piperazine rings is 1. The number of anilines is 1. The topological polar surface area (TPSA) is 45.7 Å². The van der Waals surface area contributed by atoms with E-state index in [1.54, 1.807) is 13.3 Å². The molecule has 1 aromatic heterocycles. The van der Waals surface area contributed by atoms with Gasteiger partial charge in [0.15, 0.2) is 0 Å². The number of aryl methyl sites for hydroxylation is 1. The van der Waals surface area contributed by atoms with Gasteiger partial charge in [-0.15, -0.1) is 0 Å². The van der Waals surface area contributed by atoms with Gasteiger partial charge in [-0.05, 0) is 61.7 Å². The Morgan fingerprint density at radius 3 is 2.56 bits per heavy atom. The summed E-state index contributed by atoms with van der Waals surface area (Å²) in [6, 6.07) is 20.4. The van der Waals surface area contributed by atoms with Gasteiger partial charge in [0.25, 0.3) is 5.91 Å². The summed E-state index contributed by atoms with van der Waals surface area (Å²) in [6.07, 6.45) is 2.73. The number of carbonyl (C=O) groups excluding carboxylic acids is 1. The number of rotatable bonds is 3. The van der Waals surface area contributed by atoms with Gasteiger partial charge in [0.1, 0.15) is 11.4 Å². The van der Waals surface area contributed by atoms with E-state index in [2.05, 4.69) is 52.9 Å². The van der Waals surface area contributed by atoms with Crippen LogP contribution in [-0.4, -0.2) is 48.1 Å². The number of pyridine rings is 1. The highest BCUT2D eigenvalue weighted by atomic mass is 16.5. The summed E-state index contributed by atoms with van der Waals surface area (Å²) in [4.78, 5) is 22.1. The SMILES string of the molecule is COc1ccc(C(=O)N2C[C@@H]3C[C@@H]2CN3c2ccc(C)cc2)cc1C#Cc1ccccn1. The number of amides is 1. The Kier molecular flexibility index (Phi) is 5.28. The van der Waals surface area contributed by atoms with Crippen LogP contribution in [0.1, 0.15) is 33.6 Å². The van der Waals surface area contributed by atoms with Crippen LogP contribution in [-0.2, 0) is 0 Å². The standard InChI is InChI=1S/C27H25N3O2/c1-19-6-11-23(12-7-19)29-17-25-16-24(29)18-30(25)27(31)21-9-13-26(32-2)20(15-21)8-10-22-5-3-4-14-28-22/h3-7,9,11-15,24-25H,16-18H2,1-2H3/t24-,25+/m0/s1. The fourth-order valence-electron chi connectivity index (χ4n) is 4.64. The zero-order valence-electron chi connectivity index (χ0n) is 18.3. The third-order valence-corrected chi connectivity index (χ3v) is 6.30. The number of fused-ring (bicyclic) bond motifs is 2. The first-order valence-corrected chi connectivity index (χ1v) is 10.9.